The molecule has 0 bridgehead atoms. The molecule has 0 fully saturated rings. The first-order valence-electron chi connectivity index (χ1n) is 9.09. The molecule has 7 heteroatoms. The Balaban J connectivity index is 1.64. The molecule has 0 radical (unpaired) electrons. The Hall–Kier alpha value is -3.74. The van der Waals surface area contributed by atoms with Crippen LogP contribution in [0.3, 0.4) is 0 Å². The molecule has 0 aliphatic heterocycles. The molecule has 0 aliphatic carbocycles. The predicted octanol–water partition coefficient (Wildman–Crippen LogP) is 4.32. The van der Waals surface area contributed by atoms with Crippen LogP contribution in [0.1, 0.15) is 22.8 Å². The van der Waals surface area contributed by atoms with Crippen LogP contribution in [-0.2, 0) is 16.0 Å². The number of rotatable bonds is 7. The average molecular weight is 393 g/mol. The van der Waals surface area contributed by atoms with Gasteiger partial charge in [-0.05, 0) is 42.8 Å². The molecule has 0 saturated carbocycles. The minimum Gasteiger partial charge on any atom is -0.462 e. The van der Waals surface area contributed by atoms with Crippen LogP contribution in [-0.4, -0.2) is 23.5 Å². The van der Waals surface area contributed by atoms with E-state index in [9.17, 15) is 14.0 Å². The van der Waals surface area contributed by atoms with Crippen molar-refractivity contribution in [2.45, 2.75) is 13.3 Å². The van der Waals surface area contributed by atoms with E-state index in [4.69, 9.17) is 4.74 Å². The number of amides is 1. The molecule has 1 amide bonds. The van der Waals surface area contributed by atoms with Gasteiger partial charge >= 0.3 is 5.97 Å². The first kappa shape index (κ1) is 20.0. The van der Waals surface area contributed by atoms with Gasteiger partial charge in [0.15, 0.2) is 0 Å². The van der Waals surface area contributed by atoms with Gasteiger partial charge in [-0.2, -0.15) is 0 Å². The zero-order chi connectivity index (χ0) is 20.6. The van der Waals surface area contributed by atoms with Crippen LogP contribution in [0.5, 0.6) is 0 Å². The number of pyridine rings is 1. The summed E-state index contributed by atoms with van der Waals surface area (Å²) in [6.07, 6.45) is 1.41. The molecule has 2 N–H and O–H groups in total. The van der Waals surface area contributed by atoms with E-state index in [1.54, 1.807) is 61.5 Å². The number of hydrogen-bond donors (Lipinski definition) is 2. The minimum atomic E-state index is -0.423. The normalized spacial score (nSPS) is 10.3. The first-order valence-corrected chi connectivity index (χ1v) is 9.09. The summed E-state index contributed by atoms with van der Waals surface area (Å²) in [5.74, 6) is -0.688. The van der Waals surface area contributed by atoms with E-state index in [-0.39, 0.29) is 18.9 Å². The van der Waals surface area contributed by atoms with Gasteiger partial charge < -0.3 is 15.4 Å². The van der Waals surface area contributed by atoms with E-state index < -0.39 is 11.8 Å². The van der Waals surface area contributed by atoms with Crippen LogP contribution < -0.4 is 10.6 Å². The van der Waals surface area contributed by atoms with Crippen LogP contribution >= 0.6 is 0 Å². The maximum atomic E-state index is 13.7. The number of aromatic nitrogens is 1. The van der Waals surface area contributed by atoms with Crippen LogP contribution in [0.15, 0.2) is 66.9 Å². The minimum absolute atomic E-state index is 0.0699. The quantitative estimate of drug-likeness (QED) is 0.584. The molecule has 1 aromatic heterocycles. The van der Waals surface area contributed by atoms with Crippen molar-refractivity contribution in [3.05, 3.63) is 83.8 Å². The van der Waals surface area contributed by atoms with E-state index >= 15 is 0 Å². The Kier molecular flexibility index (Phi) is 6.52. The third-order valence-electron chi connectivity index (χ3n) is 4.04. The number of nitrogens with one attached hydrogen (secondary N) is 2. The third kappa shape index (κ3) is 5.38. The second-order valence-electron chi connectivity index (χ2n) is 6.14. The number of carbonyl (C=O) groups excluding carboxylic acids is 2. The molecular weight excluding hydrogens is 373 g/mol. The van der Waals surface area contributed by atoms with Gasteiger partial charge in [-0.25, -0.2) is 14.2 Å². The Labute approximate surface area is 167 Å². The molecule has 3 rings (SSSR count). The Morgan fingerprint density at radius 3 is 2.52 bits per heavy atom. The molecule has 6 nitrogen and oxygen atoms in total. The number of carbonyl (C=O) groups is 2. The van der Waals surface area contributed by atoms with Gasteiger partial charge in [-0.15, -0.1) is 0 Å². The van der Waals surface area contributed by atoms with Crippen molar-refractivity contribution in [2.24, 2.45) is 0 Å². The SMILES string of the molecule is CCOC(=O)c1ccccc1Nc1ccc(NC(=O)Cc2ccccc2F)cn1. The lowest BCUT2D eigenvalue weighted by Crippen LogP contribution is -2.15. The van der Waals surface area contributed by atoms with Crippen molar-refractivity contribution in [1.29, 1.82) is 0 Å². The Morgan fingerprint density at radius 2 is 1.79 bits per heavy atom. The Morgan fingerprint density at radius 1 is 1.03 bits per heavy atom. The molecule has 0 unspecified atom stereocenters. The first-order chi connectivity index (χ1) is 14.1. The van der Waals surface area contributed by atoms with Gasteiger partial charge in [0.2, 0.25) is 5.91 Å². The van der Waals surface area contributed by atoms with E-state index in [0.29, 0.717) is 28.3 Å². The number of para-hydroxylation sites is 1. The van der Waals surface area contributed by atoms with Crippen molar-refractivity contribution in [1.82, 2.24) is 4.98 Å². The van der Waals surface area contributed by atoms with Crippen molar-refractivity contribution < 1.29 is 18.7 Å². The molecule has 2 aromatic carbocycles. The number of ether oxygens (including phenoxy) is 1. The topological polar surface area (TPSA) is 80.3 Å². The summed E-state index contributed by atoms with van der Waals surface area (Å²) >= 11 is 0. The van der Waals surface area contributed by atoms with Crippen LogP contribution in [0.25, 0.3) is 0 Å². The van der Waals surface area contributed by atoms with Crippen molar-refractivity contribution >= 4 is 29.1 Å². The summed E-state index contributed by atoms with van der Waals surface area (Å²) in [5.41, 5.74) is 1.77. The summed E-state index contributed by atoms with van der Waals surface area (Å²) in [5, 5.41) is 5.75. The monoisotopic (exact) mass is 393 g/mol. The zero-order valence-electron chi connectivity index (χ0n) is 15.8. The molecule has 0 atom stereocenters. The average Bonchev–Trinajstić information content (AvgIpc) is 2.72. The lowest BCUT2D eigenvalue weighted by molar-refractivity contribution is -0.115. The number of hydrogen-bond acceptors (Lipinski definition) is 5. The van der Waals surface area contributed by atoms with Crippen LogP contribution in [0, 0.1) is 5.82 Å². The van der Waals surface area contributed by atoms with Crippen LogP contribution in [0.2, 0.25) is 0 Å². The van der Waals surface area contributed by atoms with Gasteiger partial charge in [0.25, 0.3) is 0 Å². The van der Waals surface area contributed by atoms with E-state index in [1.165, 1.54) is 12.3 Å². The predicted molar refractivity (Wildman–Crippen MR) is 109 cm³/mol. The summed E-state index contributed by atoms with van der Waals surface area (Å²) in [6.45, 7) is 2.03. The molecule has 29 heavy (non-hydrogen) atoms. The standard InChI is InChI=1S/C22H20FN3O3/c1-2-29-22(28)17-8-4-6-10-19(17)26-20-12-11-16(14-24-20)25-21(27)13-15-7-3-5-9-18(15)23/h3-12,14H,2,13H2,1H3,(H,24,26)(H,25,27). The summed E-state index contributed by atoms with van der Waals surface area (Å²) in [6, 6.07) is 16.4. The molecule has 3 aromatic rings. The summed E-state index contributed by atoms with van der Waals surface area (Å²) < 4.78 is 18.7. The smallest absolute Gasteiger partial charge is 0.340 e. The highest BCUT2D eigenvalue weighted by Crippen LogP contribution is 2.21. The summed E-state index contributed by atoms with van der Waals surface area (Å²) in [4.78, 5) is 28.4. The molecule has 0 saturated heterocycles. The van der Waals surface area contributed by atoms with Crippen molar-refractivity contribution in [3.8, 4) is 0 Å². The van der Waals surface area contributed by atoms with Crippen molar-refractivity contribution in [3.63, 3.8) is 0 Å². The van der Waals surface area contributed by atoms with E-state index in [2.05, 4.69) is 15.6 Å². The lowest BCUT2D eigenvalue weighted by Gasteiger charge is -2.11. The van der Waals surface area contributed by atoms with Crippen molar-refractivity contribution in [2.75, 3.05) is 17.2 Å². The van der Waals surface area contributed by atoms with Gasteiger partial charge in [0.05, 0.1) is 36.2 Å². The lowest BCUT2D eigenvalue weighted by atomic mass is 10.1. The fourth-order valence-corrected chi connectivity index (χ4v) is 2.68. The van der Waals surface area contributed by atoms with E-state index in [1.807, 2.05) is 0 Å². The second kappa shape index (κ2) is 9.45. The fraction of sp³-hybridized carbons (Fsp3) is 0.136. The number of benzene rings is 2. The largest absolute Gasteiger partial charge is 0.462 e. The molecular formula is C22H20FN3O3. The second-order valence-corrected chi connectivity index (χ2v) is 6.14. The van der Waals surface area contributed by atoms with Crippen LogP contribution in [0.4, 0.5) is 21.6 Å². The third-order valence-corrected chi connectivity index (χ3v) is 4.04. The van der Waals surface area contributed by atoms with Gasteiger partial charge in [-0.3, -0.25) is 4.79 Å². The Bertz CT molecular complexity index is 1010. The molecule has 0 aliphatic rings. The highest BCUT2D eigenvalue weighted by atomic mass is 19.1. The molecule has 0 spiro atoms. The molecule has 1 heterocycles. The fourth-order valence-electron chi connectivity index (χ4n) is 2.68. The maximum absolute atomic E-state index is 13.7. The van der Waals surface area contributed by atoms with Gasteiger partial charge in [0.1, 0.15) is 11.6 Å². The number of anilines is 3. The zero-order valence-corrected chi connectivity index (χ0v) is 15.8. The highest BCUT2D eigenvalue weighted by Gasteiger charge is 2.12. The highest BCUT2D eigenvalue weighted by molar-refractivity contribution is 5.96. The van der Waals surface area contributed by atoms with Gasteiger partial charge in [-0.1, -0.05) is 30.3 Å². The number of halogens is 1. The van der Waals surface area contributed by atoms with Gasteiger partial charge in [0, 0.05) is 0 Å². The number of esters is 1. The molecule has 148 valence electrons. The summed E-state index contributed by atoms with van der Waals surface area (Å²) in [7, 11) is 0. The van der Waals surface area contributed by atoms with E-state index in [0.717, 1.165) is 0 Å². The maximum Gasteiger partial charge on any atom is 0.340 e. The number of nitrogens with zero attached hydrogens (tertiary/aromatic N) is 1.